The summed E-state index contributed by atoms with van der Waals surface area (Å²) in [6.07, 6.45) is 0. The van der Waals surface area contributed by atoms with Crippen molar-refractivity contribution in [2.45, 2.75) is 0 Å². The molecule has 0 saturated carbocycles. The Hall–Kier alpha value is -9.34. The van der Waals surface area contributed by atoms with Crippen molar-refractivity contribution < 1.29 is 0 Å². The maximum atomic E-state index is 12.4. The van der Waals surface area contributed by atoms with Gasteiger partial charge in [0.2, 0.25) is 5.69 Å². The van der Waals surface area contributed by atoms with E-state index in [1.807, 2.05) is 34.8 Å². The average Bonchev–Trinajstić information content (AvgIpc) is 4.32. The molecule has 4 nitrogen and oxygen atoms in total. The molecular formula is C68H36N4S3. The molecule has 0 spiro atoms. The van der Waals surface area contributed by atoms with E-state index >= 15 is 0 Å². The molecular weight excluding hydrogens is 969 g/mol. The molecule has 346 valence electrons. The predicted octanol–water partition coefficient (Wildman–Crippen LogP) is 20.4. The maximum Gasteiger partial charge on any atom is 0.221 e. The summed E-state index contributed by atoms with van der Waals surface area (Å²) in [5, 5.41) is 23.8. The topological polar surface area (TPSA) is 38.0 Å². The Balaban J connectivity index is 1.15. The molecule has 0 bridgehead atoms. The van der Waals surface area contributed by atoms with Crippen LogP contribution < -0.4 is 0 Å². The van der Waals surface area contributed by atoms with Crippen molar-refractivity contribution >= 4 is 144 Å². The number of hydrogen-bond acceptors (Lipinski definition) is 4. The number of para-hydroxylation sites is 1. The van der Waals surface area contributed by atoms with Crippen molar-refractivity contribution in [2.75, 3.05) is 0 Å². The second-order valence-corrected chi connectivity index (χ2v) is 22.4. The summed E-state index contributed by atoms with van der Waals surface area (Å²) in [7, 11) is 0. The minimum atomic E-state index is 0.418. The van der Waals surface area contributed by atoms with Crippen molar-refractivity contribution in [3.8, 4) is 50.8 Å². The molecule has 0 amide bonds. The van der Waals surface area contributed by atoms with Gasteiger partial charge in [0, 0.05) is 79.1 Å². The van der Waals surface area contributed by atoms with Crippen molar-refractivity contribution in [3.63, 3.8) is 0 Å². The van der Waals surface area contributed by atoms with Gasteiger partial charge in [-0.1, -0.05) is 188 Å². The Bertz CT molecular complexity index is 4990. The molecule has 16 aromatic rings. The molecule has 75 heavy (non-hydrogen) atoms. The van der Waals surface area contributed by atoms with E-state index in [1.54, 1.807) is 11.3 Å². The molecule has 0 saturated heterocycles. The number of fused-ring (bicyclic) bond motifs is 18. The molecule has 0 aliphatic carbocycles. The third kappa shape index (κ3) is 5.89. The summed E-state index contributed by atoms with van der Waals surface area (Å²) in [6, 6.07) is 80.7. The number of rotatable bonds is 5. The first-order valence-corrected chi connectivity index (χ1v) is 27.4. The normalized spacial score (nSPS) is 12.0. The minimum absolute atomic E-state index is 0.418. The molecule has 11 aromatic carbocycles. The highest BCUT2D eigenvalue weighted by Crippen LogP contribution is 2.55. The summed E-state index contributed by atoms with van der Waals surface area (Å²) in [5.74, 6) is 0. The van der Waals surface area contributed by atoms with Crippen LogP contribution in [0.5, 0.6) is 0 Å². The van der Waals surface area contributed by atoms with Crippen LogP contribution in [0.4, 0.5) is 5.69 Å². The van der Waals surface area contributed by atoms with Crippen LogP contribution >= 0.6 is 34.0 Å². The average molecular weight is 1010 g/mol. The van der Waals surface area contributed by atoms with Gasteiger partial charge in [-0.15, -0.1) is 34.0 Å². The summed E-state index contributed by atoms with van der Waals surface area (Å²) in [4.78, 5) is 4.73. The van der Waals surface area contributed by atoms with Gasteiger partial charge in [0.05, 0.1) is 59.7 Å². The van der Waals surface area contributed by atoms with E-state index < -0.39 is 0 Å². The number of nitrogens with zero attached hydrogens (tertiary/aromatic N) is 4. The van der Waals surface area contributed by atoms with Gasteiger partial charge in [-0.2, -0.15) is 5.26 Å². The predicted molar refractivity (Wildman–Crippen MR) is 321 cm³/mol. The molecule has 7 heteroatoms. The molecule has 0 fully saturated rings. The quantitative estimate of drug-likeness (QED) is 0.158. The van der Waals surface area contributed by atoms with Gasteiger partial charge < -0.3 is 9.13 Å². The van der Waals surface area contributed by atoms with Crippen LogP contribution in [0.15, 0.2) is 218 Å². The highest BCUT2D eigenvalue weighted by Gasteiger charge is 2.33. The number of thiophene rings is 3. The maximum absolute atomic E-state index is 12.4. The van der Waals surface area contributed by atoms with E-state index in [1.165, 1.54) is 46.6 Å². The summed E-state index contributed by atoms with van der Waals surface area (Å²) < 4.78 is 11.8. The van der Waals surface area contributed by atoms with Gasteiger partial charge in [-0.05, 0) is 52.6 Å². The first-order valence-electron chi connectivity index (χ1n) is 24.9. The van der Waals surface area contributed by atoms with Crippen LogP contribution in [0.2, 0.25) is 0 Å². The van der Waals surface area contributed by atoms with E-state index in [4.69, 9.17) is 4.85 Å². The van der Waals surface area contributed by atoms with Gasteiger partial charge in [0.1, 0.15) is 6.07 Å². The van der Waals surface area contributed by atoms with E-state index in [-0.39, 0.29) is 0 Å². The number of nitriles is 1. The Morgan fingerprint density at radius 3 is 1.36 bits per heavy atom. The van der Waals surface area contributed by atoms with Crippen LogP contribution in [0.1, 0.15) is 5.56 Å². The van der Waals surface area contributed by atoms with Crippen molar-refractivity contribution in [2.24, 2.45) is 0 Å². The second kappa shape index (κ2) is 16.1. The fraction of sp³-hybridized carbons (Fsp3) is 0. The lowest BCUT2D eigenvalue weighted by Crippen LogP contribution is -2.08. The fourth-order valence-electron chi connectivity index (χ4n) is 12.2. The molecule has 0 N–H and O–H groups in total. The lowest BCUT2D eigenvalue weighted by atomic mass is 9.88. The number of benzene rings is 11. The zero-order chi connectivity index (χ0) is 49.5. The van der Waals surface area contributed by atoms with E-state index in [0.717, 1.165) is 96.6 Å². The van der Waals surface area contributed by atoms with Crippen LogP contribution in [0.25, 0.3) is 154 Å². The van der Waals surface area contributed by atoms with E-state index in [0.29, 0.717) is 16.9 Å². The van der Waals surface area contributed by atoms with Gasteiger partial charge in [0.15, 0.2) is 0 Å². The SMILES string of the molecule is [C-]#[N+]c1c(-c2ccccc2)c(-n2c3c(ccc4c5ccccc5sc43)c3ccc4c5ccccc5sc4c32)c(-c2ccccc2)c(C#N)c1-n1c2ccccc2c2ccc3c4cc(-c5ccccc5)ccc4sc3c21. The van der Waals surface area contributed by atoms with Gasteiger partial charge in [-0.25, -0.2) is 4.85 Å². The Labute approximate surface area is 441 Å². The lowest BCUT2D eigenvalue weighted by Gasteiger charge is -2.26. The molecule has 0 aliphatic rings. The third-order valence-corrected chi connectivity index (χ3v) is 19.0. The third-order valence-electron chi connectivity index (χ3n) is 15.4. The number of aromatic nitrogens is 2. The Morgan fingerprint density at radius 2 is 0.800 bits per heavy atom. The van der Waals surface area contributed by atoms with Crippen LogP contribution in [0.3, 0.4) is 0 Å². The second-order valence-electron chi connectivity index (χ2n) is 19.2. The monoisotopic (exact) mass is 1000 g/mol. The van der Waals surface area contributed by atoms with E-state index in [9.17, 15) is 11.8 Å². The zero-order valence-corrected chi connectivity index (χ0v) is 42.2. The van der Waals surface area contributed by atoms with Gasteiger partial charge in [0.25, 0.3) is 0 Å². The molecule has 16 rings (SSSR count). The van der Waals surface area contributed by atoms with Crippen molar-refractivity contribution in [3.05, 3.63) is 235 Å². The summed E-state index contributed by atoms with van der Waals surface area (Å²) >= 11 is 5.39. The Kier molecular flexibility index (Phi) is 9.05. The highest BCUT2D eigenvalue weighted by atomic mass is 32.1. The summed E-state index contributed by atoms with van der Waals surface area (Å²) in [6.45, 7) is 9.65. The van der Waals surface area contributed by atoms with E-state index in [2.05, 4.69) is 221 Å². The number of hydrogen-bond donors (Lipinski definition) is 0. The first kappa shape index (κ1) is 42.2. The molecule has 0 unspecified atom stereocenters. The van der Waals surface area contributed by atoms with Crippen molar-refractivity contribution in [1.29, 1.82) is 5.26 Å². The van der Waals surface area contributed by atoms with Crippen LogP contribution in [0, 0.1) is 17.9 Å². The largest absolute Gasteiger partial charge is 0.316 e. The molecule has 0 radical (unpaired) electrons. The standard InChI is InChI=1S/C68H36N4S3/c1-70-60-59(41-21-9-4-10-22-41)65(72-63-47(31-33-49-44-24-12-15-27-55(44)73-66(49)63)48-32-34-50-45-25-13-16-28-56(45)74-67(50)64(48)72)58(40-19-7-3-8-20-40)53(38-69)61(60)71-54-26-14-11-23-43(54)46-30-35-51-52-37-42(39-17-5-2-6-18-39)29-36-57(52)75-68(51)62(46)71/h2-37H. The molecule has 5 heterocycles. The highest BCUT2D eigenvalue weighted by molar-refractivity contribution is 7.27. The van der Waals surface area contributed by atoms with Gasteiger partial charge in [-0.3, -0.25) is 0 Å². The Morgan fingerprint density at radius 1 is 0.360 bits per heavy atom. The smallest absolute Gasteiger partial charge is 0.221 e. The lowest BCUT2D eigenvalue weighted by molar-refractivity contribution is 1.15. The molecule has 0 atom stereocenters. The zero-order valence-electron chi connectivity index (χ0n) is 39.8. The van der Waals surface area contributed by atoms with Crippen LogP contribution in [-0.2, 0) is 0 Å². The fourth-order valence-corrected chi connectivity index (χ4v) is 15.9. The summed E-state index contributed by atoms with van der Waals surface area (Å²) in [5.41, 5.74) is 12.0. The van der Waals surface area contributed by atoms with Crippen LogP contribution in [-0.4, -0.2) is 9.13 Å². The van der Waals surface area contributed by atoms with Gasteiger partial charge >= 0.3 is 0 Å². The van der Waals surface area contributed by atoms with Crippen molar-refractivity contribution in [1.82, 2.24) is 9.13 Å². The molecule has 0 aliphatic heterocycles. The first-order chi connectivity index (χ1) is 37.2. The molecule has 5 aromatic heterocycles. The minimum Gasteiger partial charge on any atom is -0.316 e.